The van der Waals surface area contributed by atoms with Gasteiger partial charge in [0.15, 0.2) is 6.35 Å². The molecular weight excluding hydrogens is 132 g/mol. The molecule has 1 amide bonds. The van der Waals surface area contributed by atoms with Crippen LogP contribution in [0.1, 0.15) is 13.8 Å². The summed E-state index contributed by atoms with van der Waals surface area (Å²) in [5, 5.41) is 13.9. The first-order chi connectivity index (χ1) is 4.61. The third-order valence-corrected chi connectivity index (χ3v) is 1.57. The van der Waals surface area contributed by atoms with Crippen molar-refractivity contribution in [3.05, 3.63) is 0 Å². The van der Waals surface area contributed by atoms with Crippen LogP contribution >= 0.6 is 0 Å². The molecule has 2 unspecified atom stereocenters. The van der Waals surface area contributed by atoms with Crippen LogP contribution in [0.5, 0.6) is 0 Å². The molecule has 3 N–H and O–H groups in total. The van der Waals surface area contributed by atoms with Crippen molar-refractivity contribution >= 4 is 5.91 Å². The van der Waals surface area contributed by atoms with Crippen LogP contribution in [0.3, 0.4) is 0 Å². The monoisotopic (exact) mass is 144 g/mol. The highest BCUT2D eigenvalue weighted by atomic mass is 16.3. The maximum atomic E-state index is 10.9. The van der Waals surface area contributed by atoms with Gasteiger partial charge in [-0.1, -0.05) is 13.8 Å². The predicted molar refractivity (Wildman–Crippen MR) is 35.9 cm³/mol. The minimum absolute atomic E-state index is 0.123. The third-order valence-electron chi connectivity index (χ3n) is 1.57. The first-order valence-electron chi connectivity index (χ1n) is 3.36. The van der Waals surface area contributed by atoms with Crippen molar-refractivity contribution < 1.29 is 9.90 Å². The van der Waals surface area contributed by atoms with Crippen LogP contribution in [-0.4, -0.2) is 23.4 Å². The second-order valence-electron chi connectivity index (χ2n) is 2.80. The molecule has 1 saturated heterocycles. The molecule has 58 valence electrons. The lowest BCUT2D eigenvalue weighted by Crippen LogP contribution is -2.35. The summed E-state index contributed by atoms with van der Waals surface area (Å²) >= 11 is 0. The van der Waals surface area contributed by atoms with Gasteiger partial charge in [-0.25, -0.2) is 0 Å². The fraction of sp³-hybridized carbons (Fsp3) is 0.833. The lowest BCUT2D eigenvalue weighted by Gasteiger charge is -2.10. The SMILES string of the molecule is CC(C)C1NC(O)NC1=O. The van der Waals surface area contributed by atoms with Gasteiger partial charge in [0, 0.05) is 0 Å². The van der Waals surface area contributed by atoms with Crippen molar-refractivity contribution in [2.24, 2.45) is 5.92 Å². The molecule has 1 aliphatic rings. The molecule has 0 aromatic heterocycles. The first-order valence-corrected chi connectivity index (χ1v) is 3.36. The molecule has 0 aromatic rings. The normalized spacial score (nSPS) is 33.0. The zero-order valence-corrected chi connectivity index (χ0v) is 6.09. The highest BCUT2D eigenvalue weighted by molar-refractivity contribution is 5.84. The van der Waals surface area contributed by atoms with E-state index in [1.54, 1.807) is 0 Å². The van der Waals surface area contributed by atoms with E-state index in [0.717, 1.165) is 0 Å². The third kappa shape index (κ3) is 1.27. The molecule has 1 rings (SSSR count). The number of hydrogen-bond acceptors (Lipinski definition) is 3. The number of amides is 1. The van der Waals surface area contributed by atoms with Gasteiger partial charge in [0.2, 0.25) is 5.91 Å². The Hall–Kier alpha value is -0.610. The van der Waals surface area contributed by atoms with Gasteiger partial charge in [0.25, 0.3) is 0 Å². The van der Waals surface area contributed by atoms with Crippen LogP contribution in [-0.2, 0) is 4.79 Å². The topological polar surface area (TPSA) is 61.4 Å². The molecule has 0 saturated carbocycles. The number of nitrogens with one attached hydrogen (secondary N) is 2. The molecule has 0 spiro atoms. The molecule has 0 aliphatic carbocycles. The second kappa shape index (κ2) is 2.56. The Kier molecular flexibility index (Phi) is 1.92. The van der Waals surface area contributed by atoms with E-state index in [1.807, 2.05) is 13.8 Å². The van der Waals surface area contributed by atoms with Gasteiger partial charge in [0.05, 0.1) is 6.04 Å². The molecular formula is C6H12N2O2. The van der Waals surface area contributed by atoms with Gasteiger partial charge in [-0.3, -0.25) is 10.1 Å². The van der Waals surface area contributed by atoms with Crippen molar-refractivity contribution in [2.75, 3.05) is 0 Å². The summed E-state index contributed by atoms with van der Waals surface area (Å²) in [6, 6.07) is -0.241. The van der Waals surface area contributed by atoms with E-state index in [-0.39, 0.29) is 17.9 Å². The zero-order chi connectivity index (χ0) is 7.72. The Bertz CT molecular complexity index is 147. The Morgan fingerprint density at radius 2 is 2.20 bits per heavy atom. The van der Waals surface area contributed by atoms with E-state index in [0.29, 0.717) is 0 Å². The molecule has 1 aliphatic heterocycles. The Morgan fingerprint density at radius 3 is 2.40 bits per heavy atom. The van der Waals surface area contributed by atoms with Crippen LogP contribution in [0.2, 0.25) is 0 Å². The quantitative estimate of drug-likeness (QED) is 0.442. The lowest BCUT2D eigenvalue weighted by atomic mass is 10.1. The summed E-state index contributed by atoms with van der Waals surface area (Å²) in [5.74, 6) is 0.0969. The molecule has 0 aromatic carbocycles. The standard InChI is InChI=1S/C6H12N2O2/c1-3(2)4-5(9)8-6(10)7-4/h3-4,6-7,10H,1-2H3,(H,8,9). The Balaban J connectivity index is 2.55. The van der Waals surface area contributed by atoms with Gasteiger partial charge in [-0.05, 0) is 5.92 Å². The van der Waals surface area contributed by atoms with E-state index in [1.165, 1.54) is 0 Å². The van der Waals surface area contributed by atoms with Crippen LogP contribution in [0.25, 0.3) is 0 Å². The average molecular weight is 144 g/mol. The predicted octanol–water partition coefficient (Wildman–Crippen LogP) is -0.994. The smallest absolute Gasteiger partial charge is 0.240 e. The summed E-state index contributed by atoms with van der Waals surface area (Å²) in [7, 11) is 0. The first kappa shape index (κ1) is 7.50. The van der Waals surface area contributed by atoms with Crippen molar-refractivity contribution in [3.8, 4) is 0 Å². The molecule has 1 fully saturated rings. The number of rotatable bonds is 1. The second-order valence-corrected chi connectivity index (χ2v) is 2.80. The summed E-state index contributed by atoms with van der Waals surface area (Å²) in [4.78, 5) is 10.9. The molecule has 1 heterocycles. The van der Waals surface area contributed by atoms with Gasteiger partial charge >= 0.3 is 0 Å². The van der Waals surface area contributed by atoms with Crippen LogP contribution < -0.4 is 10.6 Å². The molecule has 0 bridgehead atoms. The highest BCUT2D eigenvalue weighted by Gasteiger charge is 2.31. The van der Waals surface area contributed by atoms with E-state index < -0.39 is 6.35 Å². The number of aliphatic hydroxyl groups excluding tert-OH is 1. The molecule has 0 radical (unpaired) electrons. The summed E-state index contributed by atoms with van der Waals surface area (Å²) in [6.07, 6.45) is -0.861. The van der Waals surface area contributed by atoms with Crippen LogP contribution in [0.15, 0.2) is 0 Å². The average Bonchev–Trinajstić information content (AvgIpc) is 2.10. The Labute approximate surface area is 59.6 Å². The fourth-order valence-corrected chi connectivity index (χ4v) is 1.01. The minimum Gasteiger partial charge on any atom is -0.361 e. The van der Waals surface area contributed by atoms with Crippen LogP contribution in [0, 0.1) is 5.92 Å². The van der Waals surface area contributed by atoms with Gasteiger partial charge in [0.1, 0.15) is 0 Å². The van der Waals surface area contributed by atoms with E-state index in [2.05, 4.69) is 10.6 Å². The summed E-state index contributed by atoms with van der Waals surface area (Å²) < 4.78 is 0. The highest BCUT2D eigenvalue weighted by Crippen LogP contribution is 2.05. The van der Waals surface area contributed by atoms with E-state index in [9.17, 15) is 4.79 Å². The van der Waals surface area contributed by atoms with Gasteiger partial charge in [-0.15, -0.1) is 0 Å². The van der Waals surface area contributed by atoms with Crippen molar-refractivity contribution in [3.63, 3.8) is 0 Å². The number of carbonyl (C=O) groups is 1. The number of carbonyl (C=O) groups excluding carboxylic acids is 1. The minimum atomic E-state index is -0.861. The maximum Gasteiger partial charge on any atom is 0.240 e. The van der Waals surface area contributed by atoms with E-state index in [4.69, 9.17) is 5.11 Å². The lowest BCUT2D eigenvalue weighted by molar-refractivity contribution is -0.121. The maximum absolute atomic E-state index is 10.9. The summed E-state index contributed by atoms with van der Waals surface area (Å²) in [5.41, 5.74) is 0. The largest absolute Gasteiger partial charge is 0.361 e. The summed E-state index contributed by atoms with van der Waals surface area (Å²) in [6.45, 7) is 3.85. The Morgan fingerprint density at radius 1 is 1.60 bits per heavy atom. The van der Waals surface area contributed by atoms with Crippen molar-refractivity contribution in [1.82, 2.24) is 10.6 Å². The number of aliphatic hydroxyl groups is 1. The molecule has 4 nitrogen and oxygen atoms in total. The van der Waals surface area contributed by atoms with Crippen LogP contribution in [0.4, 0.5) is 0 Å². The zero-order valence-electron chi connectivity index (χ0n) is 6.09. The van der Waals surface area contributed by atoms with Gasteiger partial charge < -0.3 is 10.4 Å². The molecule has 2 atom stereocenters. The van der Waals surface area contributed by atoms with Gasteiger partial charge in [-0.2, -0.15) is 0 Å². The van der Waals surface area contributed by atoms with E-state index >= 15 is 0 Å². The van der Waals surface area contributed by atoms with Crippen molar-refractivity contribution in [2.45, 2.75) is 26.2 Å². The fourth-order valence-electron chi connectivity index (χ4n) is 1.01. The molecule has 10 heavy (non-hydrogen) atoms. The number of hydrogen-bond donors (Lipinski definition) is 3. The van der Waals surface area contributed by atoms with Crippen molar-refractivity contribution in [1.29, 1.82) is 0 Å². The molecule has 4 heteroatoms.